The molecule has 0 aliphatic heterocycles. The van der Waals surface area contributed by atoms with E-state index in [0.717, 1.165) is 6.42 Å². The van der Waals surface area contributed by atoms with Crippen LogP contribution in [-0.2, 0) is 11.2 Å². The molecule has 0 atom stereocenters. The summed E-state index contributed by atoms with van der Waals surface area (Å²) < 4.78 is 16.3. The predicted molar refractivity (Wildman–Crippen MR) is 119 cm³/mol. The fourth-order valence-electron chi connectivity index (χ4n) is 2.77. The van der Waals surface area contributed by atoms with E-state index in [9.17, 15) is 9.59 Å². The van der Waals surface area contributed by atoms with Gasteiger partial charge in [-0.25, -0.2) is 9.59 Å². The predicted octanol–water partition coefficient (Wildman–Crippen LogP) is 5.34. The van der Waals surface area contributed by atoms with Crippen LogP contribution in [0, 0.1) is 5.92 Å². The zero-order chi connectivity index (χ0) is 22.1. The zero-order valence-corrected chi connectivity index (χ0v) is 17.7. The van der Waals surface area contributed by atoms with E-state index >= 15 is 0 Å². The van der Waals surface area contributed by atoms with Crippen LogP contribution in [0.4, 0.5) is 0 Å². The topological polar surface area (TPSA) is 61.8 Å². The first-order valence-electron chi connectivity index (χ1n) is 10.3. The van der Waals surface area contributed by atoms with Crippen LogP contribution in [0.15, 0.2) is 78.9 Å². The van der Waals surface area contributed by atoms with Crippen molar-refractivity contribution in [3.8, 4) is 11.5 Å². The summed E-state index contributed by atoms with van der Waals surface area (Å²) in [5, 5.41) is 0. The third kappa shape index (κ3) is 7.00. The minimum absolute atomic E-state index is 0.268. The Morgan fingerprint density at radius 3 is 1.94 bits per heavy atom. The van der Waals surface area contributed by atoms with Gasteiger partial charge in [0.1, 0.15) is 11.5 Å². The zero-order valence-electron chi connectivity index (χ0n) is 17.7. The van der Waals surface area contributed by atoms with Gasteiger partial charge in [-0.3, -0.25) is 0 Å². The summed E-state index contributed by atoms with van der Waals surface area (Å²) in [6, 6.07) is 23.2. The number of hydrogen-bond donors (Lipinski definition) is 0. The van der Waals surface area contributed by atoms with Crippen LogP contribution in [-0.4, -0.2) is 25.2 Å². The first-order valence-corrected chi connectivity index (χ1v) is 10.3. The van der Waals surface area contributed by atoms with Gasteiger partial charge in [0.2, 0.25) is 0 Å². The molecule has 0 unspecified atom stereocenters. The van der Waals surface area contributed by atoms with Crippen molar-refractivity contribution in [3.05, 3.63) is 95.6 Å². The molecule has 3 rings (SSSR count). The molecule has 0 aliphatic carbocycles. The Bertz CT molecular complexity index is 977. The van der Waals surface area contributed by atoms with E-state index < -0.39 is 11.9 Å². The van der Waals surface area contributed by atoms with Crippen molar-refractivity contribution in [1.82, 2.24) is 0 Å². The number of hydrogen-bond acceptors (Lipinski definition) is 5. The number of carbonyl (C=O) groups is 2. The van der Waals surface area contributed by atoms with Crippen LogP contribution in [0.3, 0.4) is 0 Å². The standard InChI is InChI=1S/C26H26O5/c1-19(2)18-30-25(27)21-10-14-24(15-11-21)31-26(28)22-8-12-23(13-9-22)29-17-16-20-6-4-3-5-7-20/h3-15,19H,16-18H2,1-2H3. The van der Waals surface area contributed by atoms with Crippen molar-refractivity contribution in [2.75, 3.05) is 13.2 Å². The number of rotatable bonds is 9. The maximum Gasteiger partial charge on any atom is 0.343 e. The third-order valence-corrected chi connectivity index (χ3v) is 4.44. The summed E-state index contributed by atoms with van der Waals surface area (Å²) in [5.74, 6) is 0.440. The highest BCUT2D eigenvalue weighted by molar-refractivity contribution is 5.92. The molecule has 0 radical (unpaired) electrons. The van der Waals surface area contributed by atoms with Crippen LogP contribution in [0.1, 0.15) is 40.1 Å². The maximum atomic E-state index is 12.4. The summed E-state index contributed by atoms with van der Waals surface area (Å²) >= 11 is 0. The van der Waals surface area contributed by atoms with E-state index in [2.05, 4.69) is 12.1 Å². The Morgan fingerprint density at radius 1 is 0.742 bits per heavy atom. The minimum atomic E-state index is -0.481. The lowest BCUT2D eigenvalue weighted by molar-refractivity contribution is 0.0459. The molecule has 31 heavy (non-hydrogen) atoms. The molecule has 0 aliphatic rings. The number of ether oxygens (including phenoxy) is 3. The molecular formula is C26H26O5. The Balaban J connectivity index is 1.49. The van der Waals surface area contributed by atoms with E-state index in [4.69, 9.17) is 14.2 Å². The summed E-state index contributed by atoms with van der Waals surface area (Å²) in [7, 11) is 0. The summed E-state index contributed by atoms with van der Waals surface area (Å²) in [6.45, 7) is 4.86. The van der Waals surface area contributed by atoms with Crippen LogP contribution in [0.5, 0.6) is 11.5 Å². The highest BCUT2D eigenvalue weighted by Crippen LogP contribution is 2.17. The Hall–Kier alpha value is -3.60. The minimum Gasteiger partial charge on any atom is -0.493 e. The molecule has 0 aromatic heterocycles. The van der Waals surface area contributed by atoms with Crippen molar-refractivity contribution in [3.63, 3.8) is 0 Å². The quantitative estimate of drug-likeness (QED) is 0.347. The van der Waals surface area contributed by atoms with E-state index in [1.165, 1.54) is 5.56 Å². The van der Waals surface area contributed by atoms with Gasteiger partial charge in [0.25, 0.3) is 0 Å². The Labute approximate surface area is 182 Å². The number of esters is 2. The monoisotopic (exact) mass is 418 g/mol. The molecule has 0 heterocycles. The van der Waals surface area contributed by atoms with Crippen LogP contribution in [0.2, 0.25) is 0 Å². The Morgan fingerprint density at radius 2 is 1.32 bits per heavy atom. The first-order chi connectivity index (χ1) is 15.0. The molecule has 3 aromatic rings. The lowest BCUT2D eigenvalue weighted by atomic mass is 10.2. The molecule has 5 nitrogen and oxygen atoms in total. The van der Waals surface area contributed by atoms with E-state index in [1.807, 2.05) is 32.0 Å². The van der Waals surface area contributed by atoms with Crippen molar-refractivity contribution in [2.24, 2.45) is 5.92 Å². The molecule has 0 saturated heterocycles. The second kappa shape index (κ2) is 11.0. The molecule has 3 aromatic carbocycles. The van der Waals surface area contributed by atoms with Crippen molar-refractivity contribution >= 4 is 11.9 Å². The van der Waals surface area contributed by atoms with Crippen molar-refractivity contribution < 1.29 is 23.8 Å². The van der Waals surface area contributed by atoms with Crippen molar-refractivity contribution in [2.45, 2.75) is 20.3 Å². The SMILES string of the molecule is CC(C)COC(=O)c1ccc(OC(=O)c2ccc(OCCc3ccccc3)cc2)cc1. The number of carbonyl (C=O) groups excluding carboxylic acids is 2. The molecule has 0 bridgehead atoms. The normalized spacial score (nSPS) is 10.5. The Kier molecular flexibility index (Phi) is 7.82. The lowest BCUT2D eigenvalue weighted by Gasteiger charge is -2.09. The van der Waals surface area contributed by atoms with Gasteiger partial charge >= 0.3 is 11.9 Å². The highest BCUT2D eigenvalue weighted by Gasteiger charge is 2.11. The largest absolute Gasteiger partial charge is 0.493 e. The average molecular weight is 418 g/mol. The van der Waals surface area contributed by atoms with Gasteiger partial charge in [-0.2, -0.15) is 0 Å². The number of benzene rings is 3. The second-order valence-electron chi connectivity index (χ2n) is 7.51. The fourth-order valence-corrected chi connectivity index (χ4v) is 2.77. The van der Waals surface area contributed by atoms with Crippen LogP contribution in [0.25, 0.3) is 0 Å². The van der Waals surface area contributed by atoms with Gasteiger partial charge in [0, 0.05) is 6.42 Å². The summed E-state index contributed by atoms with van der Waals surface area (Å²) in [4.78, 5) is 24.3. The van der Waals surface area contributed by atoms with Gasteiger partial charge in [0.15, 0.2) is 0 Å². The molecule has 0 saturated carbocycles. The maximum absolute atomic E-state index is 12.4. The van der Waals surface area contributed by atoms with Crippen LogP contribution < -0.4 is 9.47 Å². The fraction of sp³-hybridized carbons (Fsp3) is 0.231. The molecule has 0 fully saturated rings. The van der Waals surface area contributed by atoms with E-state index in [0.29, 0.717) is 35.8 Å². The van der Waals surface area contributed by atoms with E-state index in [1.54, 1.807) is 48.5 Å². The highest BCUT2D eigenvalue weighted by atomic mass is 16.5. The molecule has 0 spiro atoms. The van der Waals surface area contributed by atoms with Crippen LogP contribution >= 0.6 is 0 Å². The molecule has 0 N–H and O–H groups in total. The average Bonchev–Trinajstić information content (AvgIpc) is 2.79. The van der Waals surface area contributed by atoms with Gasteiger partial charge in [0.05, 0.1) is 24.3 Å². The van der Waals surface area contributed by atoms with Gasteiger partial charge < -0.3 is 14.2 Å². The second-order valence-corrected chi connectivity index (χ2v) is 7.51. The first kappa shape index (κ1) is 22.1. The third-order valence-electron chi connectivity index (χ3n) is 4.44. The van der Waals surface area contributed by atoms with Gasteiger partial charge in [-0.15, -0.1) is 0 Å². The van der Waals surface area contributed by atoms with Gasteiger partial charge in [-0.05, 0) is 60.0 Å². The molecule has 5 heteroatoms. The van der Waals surface area contributed by atoms with Gasteiger partial charge in [-0.1, -0.05) is 44.2 Å². The van der Waals surface area contributed by atoms with Crippen molar-refractivity contribution in [1.29, 1.82) is 0 Å². The molecule has 160 valence electrons. The lowest BCUT2D eigenvalue weighted by Crippen LogP contribution is -2.11. The summed E-state index contributed by atoms with van der Waals surface area (Å²) in [5.41, 5.74) is 2.04. The molecular weight excluding hydrogens is 392 g/mol. The smallest absolute Gasteiger partial charge is 0.343 e. The van der Waals surface area contributed by atoms with E-state index in [-0.39, 0.29) is 5.92 Å². The molecule has 0 amide bonds. The summed E-state index contributed by atoms with van der Waals surface area (Å²) in [6.07, 6.45) is 0.811.